The first-order valence-corrected chi connectivity index (χ1v) is 8.86. The summed E-state index contributed by atoms with van der Waals surface area (Å²) in [5.41, 5.74) is 3.03. The number of carbonyl (C=O) groups is 1. The third-order valence-corrected chi connectivity index (χ3v) is 4.95. The monoisotopic (exact) mass is 342 g/mol. The lowest BCUT2D eigenvalue weighted by Gasteiger charge is -2.28. The van der Waals surface area contributed by atoms with E-state index in [9.17, 15) is 4.79 Å². The van der Waals surface area contributed by atoms with E-state index in [1.54, 1.807) is 12.1 Å². The van der Waals surface area contributed by atoms with Gasteiger partial charge in [0.05, 0.1) is 16.6 Å². The van der Waals surface area contributed by atoms with E-state index >= 15 is 0 Å². The number of benzene rings is 2. The number of amides is 1. The van der Waals surface area contributed by atoms with Crippen LogP contribution < -0.4 is 5.32 Å². The van der Waals surface area contributed by atoms with Gasteiger partial charge in [-0.15, -0.1) is 0 Å². The Morgan fingerprint density at radius 1 is 1.12 bits per heavy atom. The van der Waals surface area contributed by atoms with Crippen molar-refractivity contribution in [1.82, 2.24) is 10.2 Å². The van der Waals surface area contributed by atoms with Crippen LogP contribution in [-0.4, -0.2) is 30.4 Å². The Kier molecular flexibility index (Phi) is 5.54. The van der Waals surface area contributed by atoms with Gasteiger partial charge < -0.3 is 5.32 Å². The molecule has 1 atom stereocenters. The molecule has 126 valence electrons. The molecular weight excluding hydrogens is 320 g/mol. The van der Waals surface area contributed by atoms with Crippen molar-refractivity contribution in [3.05, 3.63) is 70.2 Å². The number of likely N-dealkylation sites (tertiary alicyclic amines) is 1. The molecule has 1 aliphatic rings. The van der Waals surface area contributed by atoms with Crippen molar-refractivity contribution < 1.29 is 4.79 Å². The Bertz CT molecular complexity index is 693. The first kappa shape index (κ1) is 17.0. The number of nitrogens with one attached hydrogen (secondary N) is 1. The molecule has 0 aromatic heterocycles. The number of halogens is 1. The second-order valence-corrected chi connectivity index (χ2v) is 6.77. The van der Waals surface area contributed by atoms with Gasteiger partial charge in [-0.25, -0.2) is 0 Å². The largest absolute Gasteiger partial charge is 0.350 e. The van der Waals surface area contributed by atoms with Gasteiger partial charge in [-0.05, 0) is 50.6 Å². The third kappa shape index (κ3) is 3.97. The number of carbonyl (C=O) groups excluding carboxylic acids is 1. The van der Waals surface area contributed by atoms with Gasteiger partial charge in [0.1, 0.15) is 0 Å². The van der Waals surface area contributed by atoms with Gasteiger partial charge >= 0.3 is 0 Å². The minimum atomic E-state index is -0.114. The number of hydrogen-bond donors (Lipinski definition) is 1. The Morgan fingerprint density at radius 3 is 2.46 bits per heavy atom. The molecule has 1 fully saturated rings. The Balaban J connectivity index is 1.73. The Labute approximate surface area is 148 Å². The van der Waals surface area contributed by atoms with Crippen molar-refractivity contribution >= 4 is 17.5 Å². The average molecular weight is 343 g/mol. The molecule has 1 aliphatic heterocycles. The lowest BCUT2D eigenvalue weighted by Crippen LogP contribution is -2.36. The molecule has 24 heavy (non-hydrogen) atoms. The minimum Gasteiger partial charge on any atom is -0.350 e. The highest BCUT2D eigenvalue weighted by Crippen LogP contribution is 2.25. The normalized spacial score (nSPS) is 16.1. The molecule has 0 aliphatic carbocycles. The first-order valence-electron chi connectivity index (χ1n) is 8.48. The lowest BCUT2D eigenvalue weighted by atomic mass is 10.0. The van der Waals surface area contributed by atoms with Gasteiger partial charge in [0.25, 0.3) is 5.91 Å². The van der Waals surface area contributed by atoms with E-state index < -0.39 is 0 Å². The number of nitrogens with zero attached hydrogens (tertiary/aromatic N) is 1. The van der Waals surface area contributed by atoms with Crippen LogP contribution in [0.4, 0.5) is 0 Å². The van der Waals surface area contributed by atoms with Gasteiger partial charge in [0.15, 0.2) is 0 Å². The van der Waals surface area contributed by atoms with Crippen LogP contribution in [0.5, 0.6) is 0 Å². The molecule has 1 amide bonds. The third-order valence-electron chi connectivity index (χ3n) is 4.62. The average Bonchev–Trinajstić information content (AvgIpc) is 3.11. The molecule has 2 aromatic rings. The molecular formula is C20H23ClN2O. The van der Waals surface area contributed by atoms with Crippen LogP contribution >= 0.6 is 11.6 Å². The van der Waals surface area contributed by atoms with E-state index in [0.29, 0.717) is 17.1 Å². The second-order valence-electron chi connectivity index (χ2n) is 6.36. The first-order chi connectivity index (χ1) is 11.6. The molecule has 0 unspecified atom stereocenters. The maximum Gasteiger partial charge on any atom is 0.252 e. The van der Waals surface area contributed by atoms with E-state index in [0.717, 1.165) is 13.1 Å². The van der Waals surface area contributed by atoms with Crippen molar-refractivity contribution in [2.75, 3.05) is 19.6 Å². The second kappa shape index (κ2) is 7.82. The summed E-state index contributed by atoms with van der Waals surface area (Å²) in [6.07, 6.45) is 2.45. The highest BCUT2D eigenvalue weighted by Gasteiger charge is 2.24. The lowest BCUT2D eigenvalue weighted by molar-refractivity contribution is 0.0938. The molecule has 3 nitrogen and oxygen atoms in total. The van der Waals surface area contributed by atoms with E-state index in [1.165, 1.54) is 24.0 Å². The smallest absolute Gasteiger partial charge is 0.252 e. The van der Waals surface area contributed by atoms with Crippen LogP contribution in [-0.2, 0) is 0 Å². The quantitative estimate of drug-likeness (QED) is 0.882. The standard InChI is InChI=1S/C20H23ClN2O/c1-15-8-10-16(11-9-15)19(23-12-4-5-13-23)14-22-20(24)17-6-2-3-7-18(17)21/h2-3,6-11,19H,4-5,12-14H2,1H3,(H,22,24)/t19-/m1/s1. The molecule has 3 rings (SSSR count). The molecule has 1 heterocycles. The van der Waals surface area contributed by atoms with Crippen LogP contribution in [0.15, 0.2) is 48.5 Å². The van der Waals surface area contributed by atoms with Crippen LogP contribution in [0.2, 0.25) is 5.02 Å². The minimum absolute atomic E-state index is 0.114. The fourth-order valence-electron chi connectivity index (χ4n) is 3.23. The summed E-state index contributed by atoms with van der Waals surface area (Å²) in [6, 6.07) is 16.0. The van der Waals surface area contributed by atoms with E-state index in [1.807, 2.05) is 12.1 Å². The summed E-state index contributed by atoms with van der Waals surface area (Å²) in [4.78, 5) is 14.9. The molecule has 2 aromatic carbocycles. The molecule has 4 heteroatoms. The number of rotatable bonds is 5. The molecule has 0 saturated carbocycles. The van der Waals surface area contributed by atoms with E-state index in [4.69, 9.17) is 11.6 Å². The number of hydrogen-bond acceptors (Lipinski definition) is 2. The van der Waals surface area contributed by atoms with Crippen LogP contribution in [0.25, 0.3) is 0 Å². The van der Waals surface area contributed by atoms with Gasteiger partial charge in [-0.3, -0.25) is 9.69 Å². The Morgan fingerprint density at radius 2 is 1.79 bits per heavy atom. The SMILES string of the molecule is Cc1ccc([C@@H](CNC(=O)c2ccccc2Cl)N2CCCC2)cc1. The predicted molar refractivity (Wildman–Crippen MR) is 98.5 cm³/mol. The molecule has 0 spiro atoms. The van der Waals surface area contributed by atoms with E-state index in [2.05, 4.69) is 41.4 Å². The summed E-state index contributed by atoms with van der Waals surface area (Å²) in [6.45, 7) is 4.85. The Hall–Kier alpha value is -1.84. The van der Waals surface area contributed by atoms with Crippen LogP contribution in [0.1, 0.15) is 40.4 Å². The van der Waals surface area contributed by atoms with E-state index in [-0.39, 0.29) is 11.9 Å². The zero-order valence-electron chi connectivity index (χ0n) is 14.0. The highest BCUT2D eigenvalue weighted by atomic mass is 35.5. The summed E-state index contributed by atoms with van der Waals surface area (Å²) < 4.78 is 0. The fourth-order valence-corrected chi connectivity index (χ4v) is 3.45. The summed E-state index contributed by atoms with van der Waals surface area (Å²) in [5.74, 6) is -0.114. The van der Waals surface area contributed by atoms with Crippen molar-refractivity contribution in [3.63, 3.8) is 0 Å². The topological polar surface area (TPSA) is 32.3 Å². The van der Waals surface area contributed by atoms with Gasteiger partial charge in [-0.2, -0.15) is 0 Å². The fraction of sp³-hybridized carbons (Fsp3) is 0.350. The highest BCUT2D eigenvalue weighted by molar-refractivity contribution is 6.33. The van der Waals surface area contributed by atoms with Gasteiger partial charge in [0.2, 0.25) is 0 Å². The summed E-state index contributed by atoms with van der Waals surface area (Å²) >= 11 is 6.12. The maximum atomic E-state index is 12.5. The molecule has 0 bridgehead atoms. The van der Waals surface area contributed by atoms with Crippen molar-refractivity contribution in [1.29, 1.82) is 0 Å². The van der Waals surface area contributed by atoms with Gasteiger partial charge in [-0.1, -0.05) is 53.6 Å². The van der Waals surface area contributed by atoms with Gasteiger partial charge in [0, 0.05) is 6.54 Å². The zero-order valence-corrected chi connectivity index (χ0v) is 14.7. The molecule has 1 saturated heterocycles. The molecule has 0 radical (unpaired) electrons. The molecule has 1 N–H and O–H groups in total. The van der Waals surface area contributed by atoms with Crippen molar-refractivity contribution in [3.8, 4) is 0 Å². The van der Waals surface area contributed by atoms with Crippen LogP contribution in [0, 0.1) is 6.92 Å². The maximum absolute atomic E-state index is 12.5. The predicted octanol–water partition coefficient (Wildman–Crippen LogP) is 4.22. The zero-order chi connectivity index (χ0) is 16.9. The van der Waals surface area contributed by atoms with Crippen molar-refractivity contribution in [2.45, 2.75) is 25.8 Å². The summed E-state index contributed by atoms with van der Waals surface area (Å²) in [7, 11) is 0. The number of aryl methyl sites for hydroxylation is 1. The summed E-state index contributed by atoms with van der Waals surface area (Å²) in [5, 5.41) is 3.55. The van der Waals surface area contributed by atoms with Crippen molar-refractivity contribution in [2.24, 2.45) is 0 Å². The van der Waals surface area contributed by atoms with Crippen LogP contribution in [0.3, 0.4) is 0 Å².